The third kappa shape index (κ3) is 11.2. The van der Waals surface area contributed by atoms with Crippen LogP contribution in [-0.4, -0.2) is 70.4 Å². The molecule has 8 nitrogen and oxygen atoms in total. The Hall–Kier alpha value is -1.87. The van der Waals surface area contributed by atoms with Crippen LogP contribution in [0.4, 0.5) is 0 Å². The predicted molar refractivity (Wildman–Crippen MR) is 139 cm³/mol. The number of amides is 1. The van der Waals surface area contributed by atoms with Crippen LogP contribution in [0.1, 0.15) is 53.0 Å². The lowest BCUT2D eigenvalue weighted by Gasteiger charge is -2.29. The average Bonchev–Trinajstić information content (AvgIpc) is 2.83. The minimum Gasteiger partial charge on any atom is -0.493 e. The molecular formula is C27H48N2O6. The minimum absolute atomic E-state index is 0.113. The molecule has 0 aliphatic heterocycles. The molecule has 8 heteroatoms. The van der Waals surface area contributed by atoms with E-state index in [4.69, 9.17) is 24.7 Å². The Morgan fingerprint density at radius 1 is 1.17 bits per heavy atom. The van der Waals surface area contributed by atoms with Gasteiger partial charge in [-0.1, -0.05) is 19.9 Å². The van der Waals surface area contributed by atoms with Crippen molar-refractivity contribution >= 4 is 5.91 Å². The molecule has 4 N–H and O–H groups in total. The summed E-state index contributed by atoms with van der Waals surface area (Å²) >= 11 is 0. The summed E-state index contributed by atoms with van der Waals surface area (Å²) in [5.74, 6) is 1.86. The second-order valence-corrected chi connectivity index (χ2v) is 10.1. The Morgan fingerprint density at radius 3 is 2.49 bits per heavy atom. The maximum absolute atomic E-state index is 12.5. The van der Waals surface area contributed by atoms with Crippen molar-refractivity contribution < 1.29 is 28.8 Å². The highest BCUT2D eigenvalue weighted by atomic mass is 16.5. The molecule has 1 amide bonds. The fourth-order valence-electron chi connectivity index (χ4n) is 3.76. The summed E-state index contributed by atoms with van der Waals surface area (Å²) in [6, 6.07) is 5.52. The Bertz CT molecular complexity index is 740. The van der Waals surface area contributed by atoms with Crippen LogP contribution < -0.4 is 20.5 Å². The van der Waals surface area contributed by atoms with Gasteiger partial charge in [0.15, 0.2) is 11.5 Å². The minimum atomic E-state index is -0.835. The van der Waals surface area contributed by atoms with Gasteiger partial charge >= 0.3 is 0 Å². The second-order valence-electron chi connectivity index (χ2n) is 10.1. The molecule has 0 bridgehead atoms. The molecule has 0 aromatic heterocycles. The first-order valence-corrected chi connectivity index (χ1v) is 12.6. The van der Waals surface area contributed by atoms with Crippen LogP contribution in [0.3, 0.4) is 0 Å². The lowest BCUT2D eigenvalue weighted by Crippen LogP contribution is -2.48. The highest BCUT2D eigenvalue weighted by Gasteiger charge is 2.29. The van der Waals surface area contributed by atoms with Gasteiger partial charge in [-0.2, -0.15) is 0 Å². The fourth-order valence-corrected chi connectivity index (χ4v) is 3.76. The fraction of sp³-hybridized carbons (Fsp3) is 0.741. The zero-order valence-electron chi connectivity index (χ0n) is 22.8. The van der Waals surface area contributed by atoms with E-state index in [2.05, 4.69) is 19.2 Å². The maximum atomic E-state index is 12.5. The molecule has 3 atom stereocenters. The van der Waals surface area contributed by atoms with Gasteiger partial charge in [0.2, 0.25) is 5.91 Å². The van der Waals surface area contributed by atoms with Gasteiger partial charge in [-0.3, -0.25) is 4.79 Å². The van der Waals surface area contributed by atoms with Crippen LogP contribution in [0, 0.1) is 17.3 Å². The Kier molecular flexibility index (Phi) is 14.2. The van der Waals surface area contributed by atoms with Gasteiger partial charge in [0.1, 0.15) is 0 Å². The number of nitrogens with one attached hydrogen (secondary N) is 1. The van der Waals surface area contributed by atoms with Crippen molar-refractivity contribution in [2.75, 3.05) is 47.2 Å². The average molecular weight is 497 g/mol. The zero-order chi connectivity index (χ0) is 26.4. The van der Waals surface area contributed by atoms with E-state index >= 15 is 0 Å². The summed E-state index contributed by atoms with van der Waals surface area (Å²) in [4.78, 5) is 12.5. The molecule has 0 heterocycles. The van der Waals surface area contributed by atoms with E-state index < -0.39 is 17.6 Å². The number of hydrogen-bond acceptors (Lipinski definition) is 7. The van der Waals surface area contributed by atoms with Gasteiger partial charge in [0, 0.05) is 39.3 Å². The molecule has 0 fully saturated rings. The number of aliphatic hydroxyl groups is 1. The van der Waals surface area contributed by atoms with Crippen molar-refractivity contribution in [3.05, 3.63) is 23.8 Å². The Morgan fingerprint density at radius 2 is 1.89 bits per heavy atom. The smallest absolute Gasteiger partial charge is 0.228 e. The van der Waals surface area contributed by atoms with Crippen LogP contribution in [0.5, 0.6) is 11.5 Å². The SMILES string of the molecule is CCOCC(C)(C)C(=O)NC[C@H](O)[C@@H](N)C[C@H](Cc1ccc(OC)c(OCCCOC)c1)C(C)C. The summed E-state index contributed by atoms with van der Waals surface area (Å²) in [7, 11) is 3.30. The van der Waals surface area contributed by atoms with Crippen molar-refractivity contribution in [1.82, 2.24) is 5.32 Å². The summed E-state index contributed by atoms with van der Waals surface area (Å²) < 4.78 is 21.8. The highest BCUT2D eigenvalue weighted by Crippen LogP contribution is 2.31. The van der Waals surface area contributed by atoms with E-state index in [1.165, 1.54) is 0 Å². The van der Waals surface area contributed by atoms with Gasteiger partial charge in [0.25, 0.3) is 0 Å². The lowest BCUT2D eigenvalue weighted by molar-refractivity contribution is -0.133. The van der Waals surface area contributed by atoms with Crippen molar-refractivity contribution in [1.29, 1.82) is 0 Å². The molecule has 0 saturated heterocycles. The third-order valence-electron chi connectivity index (χ3n) is 6.24. The number of ether oxygens (including phenoxy) is 4. The van der Waals surface area contributed by atoms with Crippen LogP contribution in [-0.2, 0) is 20.7 Å². The van der Waals surface area contributed by atoms with Crippen molar-refractivity contribution in [2.45, 2.75) is 66.0 Å². The van der Waals surface area contributed by atoms with Crippen LogP contribution in [0.2, 0.25) is 0 Å². The molecule has 35 heavy (non-hydrogen) atoms. The van der Waals surface area contributed by atoms with Crippen LogP contribution >= 0.6 is 0 Å². The van der Waals surface area contributed by atoms with Crippen molar-refractivity contribution in [2.24, 2.45) is 23.0 Å². The van der Waals surface area contributed by atoms with Gasteiger partial charge in [-0.25, -0.2) is 0 Å². The summed E-state index contributed by atoms with van der Waals surface area (Å²) in [6.45, 7) is 12.0. The zero-order valence-corrected chi connectivity index (χ0v) is 22.8. The number of carbonyl (C=O) groups is 1. The number of nitrogens with two attached hydrogens (primary N) is 1. The molecule has 0 spiro atoms. The van der Waals surface area contributed by atoms with Gasteiger partial charge in [0.05, 0.1) is 31.8 Å². The molecule has 1 aromatic carbocycles. The van der Waals surface area contributed by atoms with Crippen molar-refractivity contribution in [3.8, 4) is 11.5 Å². The quantitative estimate of drug-likeness (QED) is 0.268. The van der Waals surface area contributed by atoms with Crippen molar-refractivity contribution in [3.63, 3.8) is 0 Å². The normalized spacial score (nSPS) is 14.5. The number of hydrogen-bond donors (Lipinski definition) is 3. The van der Waals surface area contributed by atoms with Crippen LogP contribution in [0.25, 0.3) is 0 Å². The lowest BCUT2D eigenvalue weighted by atomic mass is 9.83. The first-order valence-electron chi connectivity index (χ1n) is 12.6. The molecule has 0 saturated carbocycles. The molecular weight excluding hydrogens is 448 g/mol. The first-order chi connectivity index (χ1) is 16.5. The van der Waals surface area contributed by atoms with Crippen LogP contribution in [0.15, 0.2) is 18.2 Å². The second kappa shape index (κ2) is 16.0. The topological polar surface area (TPSA) is 112 Å². The number of aliphatic hydroxyl groups excluding tert-OH is 1. The largest absolute Gasteiger partial charge is 0.493 e. The van der Waals surface area contributed by atoms with E-state index in [1.54, 1.807) is 14.2 Å². The molecule has 0 aliphatic carbocycles. The standard InChI is InChI=1S/C27H48N2O6/c1-8-34-18-27(4,5)26(31)29-17-23(30)22(28)16-21(19(2)3)14-20-10-11-24(33-7)25(15-20)35-13-9-12-32-6/h10-11,15,19,21-23,30H,8-9,12-14,16-18,28H2,1-7H3,(H,29,31)/t21-,22-,23-/m0/s1. The highest BCUT2D eigenvalue weighted by molar-refractivity contribution is 5.81. The van der Waals surface area contributed by atoms with Gasteiger partial charge in [-0.05, 0) is 63.1 Å². The number of methoxy groups -OCH3 is 2. The van der Waals surface area contributed by atoms with E-state index in [9.17, 15) is 9.90 Å². The van der Waals surface area contributed by atoms with E-state index in [-0.39, 0.29) is 18.4 Å². The molecule has 1 aromatic rings. The number of carbonyl (C=O) groups excluding carboxylic acids is 1. The van der Waals surface area contributed by atoms with Gasteiger partial charge < -0.3 is 35.1 Å². The number of benzene rings is 1. The van der Waals surface area contributed by atoms with E-state index in [1.807, 2.05) is 39.0 Å². The summed E-state index contributed by atoms with van der Waals surface area (Å²) in [6.07, 6.45) is 1.39. The Balaban J connectivity index is 2.73. The van der Waals surface area contributed by atoms with E-state index in [0.29, 0.717) is 50.3 Å². The maximum Gasteiger partial charge on any atom is 0.228 e. The molecule has 1 rings (SSSR count). The molecule has 202 valence electrons. The molecule has 0 unspecified atom stereocenters. The monoisotopic (exact) mass is 496 g/mol. The third-order valence-corrected chi connectivity index (χ3v) is 6.24. The number of rotatable bonds is 18. The summed E-state index contributed by atoms with van der Waals surface area (Å²) in [5.41, 5.74) is 6.83. The Labute approximate surface area is 211 Å². The summed E-state index contributed by atoms with van der Waals surface area (Å²) in [5, 5.41) is 13.5. The van der Waals surface area contributed by atoms with Gasteiger partial charge in [-0.15, -0.1) is 0 Å². The first kappa shape index (κ1) is 31.2. The molecule has 0 radical (unpaired) electrons. The predicted octanol–water partition coefficient (Wildman–Crippen LogP) is 3.18. The van der Waals surface area contributed by atoms with E-state index in [0.717, 1.165) is 18.4 Å². The molecule has 0 aliphatic rings.